The van der Waals surface area contributed by atoms with E-state index in [1.165, 1.54) is 18.4 Å². The maximum atomic E-state index is 12.9. The number of benzene rings is 2. The second-order valence-corrected chi connectivity index (χ2v) is 9.76. The van der Waals surface area contributed by atoms with E-state index in [1.54, 1.807) is 38.3 Å². The Labute approximate surface area is 185 Å². The minimum absolute atomic E-state index is 0.350. The second-order valence-electron chi connectivity index (χ2n) is 7.90. The number of nitrogens with one attached hydrogen (secondary N) is 1. The van der Waals surface area contributed by atoms with E-state index in [9.17, 15) is 13.2 Å². The van der Waals surface area contributed by atoms with Crippen LogP contribution in [-0.2, 0) is 27.9 Å². The number of hydrogen-bond acceptors (Lipinski definition) is 5. The van der Waals surface area contributed by atoms with Gasteiger partial charge in [0.15, 0.2) is 0 Å². The molecule has 31 heavy (non-hydrogen) atoms. The highest BCUT2D eigenvalue weighted by Gasteiger charge is 2.29. The number of likely N-dealkylation sites (tertiary alicyclic amines) is 1. The Morgan fingerprint density at radius 2 is 1.71 bits per heavy atom. The van der Waals surface area contributed by atoms with Crippen molar-refractivity contribution in [1.29, 1.82) is 0 Å². The van der Waals surface area contributed by atoms with Crippen molar-refractivity contribution in [3.8, 4) is 5.75 Å². The molecular weight excluding hydrogens is 414 g/mol. The molecule has 168 valence electrons. The van der Waals surface area contributed by atoms with Crippen molar-refractivity contribution in [1.82, 2.24) is 10.2 Å². The van der Waals surface area contributed by atoms with Gasteiger partial charge in [0, 0.05) is 13.1 Å². The van der Waals surface area contributed by atoms with Crippen LogP contribution in [0, 0.1) is 0 Å². The molecule has 0 aromatic heterocycles. The van der Waals surface area contributed by atoms with Gasteiger partial charge in [-0.25, -0.2) is 8.42 Å². The topological polar surface area (TPSA) is 79.0 Å². The second kappa shape index (κ2) is 10.2. The average Bonchev–Trinajstić information content (AvgIpc) is 3.25. The zero-order valence-electron chi connectivity index (χ0n) is 18.4. The van der Waals surface area contributed by atoms with Crippen molar-refractivity contribution in [2.45, 2.75) is 38.9 Å². The monoisotopic (exact) mass is 445 g/mol. The van der Waals surface area contributed by atoms with Gasteiger partial charge < -0.3 is 10.1 Å². The molecule has 1 aliphatic rings. The molecule has 2 aromatic rings. The molecule has 1 saturated heterocycles. The number of nitrogens with zero attached hydrogens (tertiary/aromatic N) is 2. The highest BCUT2D eigenvalue weighted by atomic mass is 32.2. The van der Waals surface area contributed by atoms with Crippen molar-refractivity contribution in [2.24, 2.45) is 0 Å². The Hall–Kier alpha value is -2.58. The summed E-state index contributed by atoms with van der Waals surface area (Å²) in [7, 11) is -2.12. The molecule has 1 amide bonds. The van der Waals surface area contributed by atoms with Crippen LogP contribution in [0.4, 0.5) is 5.69 Å². The summed E-state index contributed by atoms with van der Waals surface area (Å²) in [4.78, 5) is 15.3. The fourth-order valence-electron chi connectivity index (χ4n) is 3.93. The molecule has 1 atom stereocenters. The predicted molar refractivity (Wildman–Crippen MR) is 123 cm³/mol. The lowest BCUT2D eigenvalue weighted by molar-refractivity contribution is -0.122. The van der Waals surface area contributed by atoms with Gasteiger partial charge in [0.05, 0.1) is 19.1 Å². The van der Waals surface area contributed by atoms with E-state index in [1.807, 2.05) is 18.2 Å². The van der Waals surface area contributed by atoms with Gasteiger partial charge in [0.2, 0.25) is 15.9 Å². The van der Waals surface area contributed by atoms with Crippen molar-refractivity contribution in [3.05, 3.63) is 59.7 Å². The maximum absolute atomic E-state index is 12.9. The van der Waals surface area contributed by atoms with Gasteiger partial charge in [-0.1, -0.05) is 24.3 Å². The number of carbonyl (C=O) groups is 1. The van der Waals surface area contributed by atoms with E-state index in [0.717, 1.165) is 35.8 Å². The van der Waals surface area contributed by atoms with Crippen LogP contribution >= 0.6 is 0 Å². The molecule has 7 nitrogen and oxygen atoms in total. The molecule has 1 fully saturated rings. The third kappa shape index (κ3) is 5.98. The zero-order valence-corrected chi connectivity index (χ0v) is 19.2. The highest BCUT2D eigenvalue weighted by molar-refractivity contribution is 7.92. The Bertz CT molecular complexity index is 986. The number of anilines is 1. The highest BCUT2D eigenvalue weighted by Crippen LogP contribution is 2.24. The number of ether oxygens (including phenoxy) is 1. The van der Waals surface area contributed by atoms with Gasteiger partial charge in [0.1, 0.15) is 11.8 Å². The van der Waals surface area contributed by atoms with Crippen LogP contribution in [0.3, 0.4) is 0 Å². The first-order chi connectivity index (χ1) is 14.8. The molecule has 0 saturated carbocycles. The summed E-state index contributed by atoms with van der Waals surface area (Å²) >= 11 is 0. The fraction of sp³-hybridized carbons (Fsp3) is 0.435. The van der Waals surface area contributed by atoms with Crippen molar-refractivity contribution < 1.29 is 17.9 Å². The van der Waals surface area contributed by atoms with E-state index >= 15 is 0 Å². The first-order valence-electron chi connectivity index (χ1n) is 10.5. The van der Waals surface area contributed by atoms with E-state index in [-0.39, 0.29) is 5.91 Å². The lowest BCUT2D eigenvalue weighted by atomic mass is 10.1. The van der Waals surface area contributed by atoms with Crippen molar-refractivity contribution in [3.63, 3.8) is 0 Å². The minimum Gasteiger partial charge on any atom is -0.497 e. The lowest BCUT2D eigenvalue weighted by Crippen LogP contribution is -2.47. The Morgan fingerprint density at radius 3 is 2.29 bits per heavy atom. The molecule has 1 heterocycles. The van der Waals surface area contributed by atoms with Gasteiger partial charge >= 0.3 is 0 Å². The third-order valence-corrected chi connectivity index (χ3v) is 6.82. The average molecular weight is 446 g/mol. The van der Waals surface area contributed by atoms with Gasteiger partial charge in [-0.15, -0.1) is 0 Å². The molecule has 0 bridgehead atoms. The number of sulfonamides is 1. The summed E-state index contributed by atoms with van der Waals surface area (Å²) in [6.45, 7) is 5.01. The molecule has 1 N–H and O–H groups in total. The molecular formula is C23H31N3O4S. The van der Waals surface area contributed by atoms with Gasteiger partial charge in [-0.3, -0.25) is 14.0 Å². The lowest BCUT2D eigenvalue weighted by Gasteiger charge is -2.28. The number of amides is 1. The number of methoxy groups -OCH3 is 1. The quantitative estimate of drug-likeness (QED) is 0.642. The Kier molecular flexibility index (Phi) is 7.56. The standard InChI is InChI=1S/C23H31N3O4S/c1-18(26(31(3,28)29)21-10-12-22(30-2)13-11-21)23(27)24-16-19-8-4-5-9-20(19)17-25-14-6-7-15-25/h4-5,8-13,18H,6-7,14-17H2,1-3H3,(H,24,27). The molecule has 0 aliphatic carbocycles. The van der Waals surface area contributed by atoms with E-state index in [0.29, 0.717) is 18.0 Å². The van der Waals surface area contributed by atoms with E-state index in [4.69, 9.17) is 4.74 Å². The first-order valence-corrected chi connectivity index (χ1v) is 12.3. The molecule has 8 heteroatoms. The van der Waals surface area contributed by atoms with Crippen LogP contribution in [0.5, 0.6) is 5.75 Å². The van der Waals surface area contributed by atoms with E-state index in [2.05, 4.69) is 16.3 Å². The van der Waals surface area contributed by atoms with Crippen LogP contribution in [0.15, 0.2) is 48.5 Å². The minimum atomic E-state index is -3.66. The van der Waals surface area contributed by atoms with Gasteiger partial charge in [0.25, 0.3) is 0 Å². The third-order valence-electron chi connectivity index (χ3n) is 5.58. The fourth-order valence-corrected chi connectivity index (χ4v) is 5.11. The van der Waals surface area contributed by atoms with Crippen LogP contribution in [0.1, 0.15) is 30.9 Å². The molecule has 3 rings (SSSR count). The first kappa shape index (κ1) is 23.1. The van der Waals surface area contributed by atoms with Gasteiger partial charge in [-0.05, 0) is 68.2 Å². The van der Waals surface area contributed by atoms with Crippen molar-refractivity contribution >= 4 is 21.6 Å². The normalized spacial score (nSPS) is 15.5. The number of carbonyl (C=O) groups excluding carboxylic acids is 1. The molecule has 0 radical (unpaired) electrons. The summed E-state index contributed by atoms with van der Waals surface area (Å²) in [5.41, 5.74) is 2.65. The number of hydrogen-bond donors (Lipinski definition) is 1. The molecule has 0 spiro atoms. The SMILES string of the molecule is COc1ccc(N(C(C)C(=O)NCc2ccccc2CN2CCCC2)S(C)(=O)=O)cc1. The van der Waals surface area contributed by atoms with Crippen LogP contribution in [-0.4, -0.2) is 51.7 Å². The number of rotatable bonds is 9. The van der Waals surface area contributed by atoms with Crippen LogP contribution < -0.4 is 14.4 Å². The molecule has 1 unspecified atom stereocenters. The van der Waals surface area contributed by atoms with Crippen LogP contribution in [0.25, 0.3) is 0 Å². The largest absolute Gasteiger partial charge is 0.497 e. The maximum Gasteiger partial charge on any atom is 0.243 e. The molecule has 2 aromatic carbocycles. The smallest absolute Gasteiger partial charge is 0.243 e. The summed E-state index contributed by atoms with van der Waals surface area (Å²) in [5, 5.41) is 2.92. The summed E-state index contributed by atoms with van der Waals surface area (Å²) in [5.74, 6) is 0.265. The van der Waals surface area contributed by atoms with Crippen molar-refractivity contribution in [2.75, 3.05) is 30.8 Å². The van der Waals surface area contributed by atoms with Gasteiger partial charge in [-0.2, -0.15) is 0 Å². The Morgan fingerprint density at radius 1 is 1.10 bits per heavy atom. The predicted octanol–water partition coefficient (Wildman–Crippen LogP) is 2.76. The van der Waals surface area contributed by atoms with Crippen LogP contribution in [0.2, 0.25) is 0 Å². The Balaban J connectivity index is 1.71. The zero-order chi connectivity index (χ0) is 22.4. The van der Waals surface area contributed by atoms with E-state index < -0.39 is 16.1 Å². The summed E-state index contributed by atoms with van der Waals surface area (Å²) in [6.07, 6.45) is 3.55. The summed E-state index contributed by atoms with van der Waals surface area (Å²) < 4.78 is 31.2. The molecule has 1 aliphatic heterocycles. The summed E-state index contributed by atoms with van der Waals surface area (Å²) in [6, 6.07) is 13.8.